The van der Waals surface area contributed by atoms with E-state index in [-0.39, 0.29) is 17.1 Å². The second kappa shape index (κ2) is 10.1. The lowest BCUT2D eigenvalue weighted by molar-refractivity contribution is 0.0535. The van der Waals surface area contributed by atoms with Gasteiger partial charge in [0.05, 0.1) is 13.2 Å². The lowest BCUT2D eigenvalue weighted by Crippen LogP contribution is -2.41. The summed E-state index contributed by atoms with van der Waals surface area (Å²) in [6.45, 7) is 17.0. The Morgan fingerprint density at radius 1 is 1.14 bits per heavy atom. The van der Waals surface area contributed by atoms with E-state index in [1.54, 1.807) is 32.9 Å². The average Bonchev–Trinajstić information content (AvgIpc) is 2.54. The van der Waals surface area contributed by atoms with E-state index in [4.69, 9.17) is 13.9 Å². The van der Waals surface area contributed by atoms with Crippen LogP contribution in [0.1, 0.15) is 47.1 Å². The van der Waals surface area contributed by atoms with Crippen molar-refractivity contribution in [1.82, 2.24) is 5.32 Å². The predicted molar refractivity (Wildman–Crippen MR) is 116 cm³/mol. The molecule has 5 nitrogen and oxygen atoms in total. The molecule has 0 spiro atoms. The minimum absolute atomic E-state index is 0.0389. The Morgan fingerprint density at radius 3 is 2.38 bits per heavy atom. The molecule has 1 rings (SSSR count). The van der Waals surface area contributed by atoms with E-state index in [0.717, 1.165) is 0 Å². The van der Waals surface area contributed by atoms with Crippen molar-refractivity contribution >= 4 is 14.4 Å². The lowest BCUT2D eigenvalue weighted by Gasteiger charge is -2.36. The van der Waals surface area contributed by atoms with Crippen molar-refractivity contribution in [3.8, 4) is 17.6 Å². The first kappa shape index (κ1) is 25.0. The molecule has 162 valence electrons. The van der Waals surface area contributed by atoms with Gasteiger partial charge in [0.15, 0.2) is 8.32 Å². The molecule has 0 saturated heterocycles. The monoisotopic (exact) mass is 423 g/mol. The third kappa shape index (κ3) is 8.88. The number of hydrogen-bond acceptors (Lipinski definition) is 4. The van der Waals surface area contributed by atoms with Gasteiger partial charge < -0.3 is 19.2 Å². The summed E-state index contributed by atoms with van der Waals surface area (Å²) >= 11 is 0. The fourth-order valence-electron chi connectivity index (χ4n) is 1.97. The molecule has 0 saturated carbocycles. The fraction of sp³-hybridized carbons (Fsp3) is 0.591. The molecule has 1 aromatic rings. The van der Waals surface area contributed by atoms with Crippen LogP contribution in [0.5, 0.6) is 5.75 Å². The quantitative estimate of drug-likeness (QED) is 0.393. The van der Waals surface area contributed by atoms with Gasteiger partial charge in [-0.05, 0) is 51.0 Å². The molecule has 0 aliphatic rings. The maximum atomic E-state index is 14.2. The Morgan fingerprint density at radius 2 is 1.79 bits per heavy atom. The lowest BCUT2D eigenvalue weighted by atomic mass is 10.2. The van der Waals surface area contributed by atoms with Crippen molar-refractivity contribution in [1.29, 1.82) is 0 Å². The van der Waals surface area contributed by atoms with Crippen LogP contribution in [0.3, 0.4) is 0 Å². The van der Waals surface area contributed by atoms with Gasteiger partial charge in [0.25, 0.3) is 0 Å². The van der Waals surface area contributed by atoms with E-state index in [9.17, 15) is 9.18 Å². The molecule has 0 aromatic heterocycles. The molecule has 0 heterocycles. The third-order valence-corrected chi connectivity index (χ3v) is 9.06. The van der Waals surface area contributed by atoms with Crippen molar-refractivity contribution in [3.63, 3.8) is 0 Å². The van der Waals surface area contributed by atoms with Gasteiger partial charge in [-0.3, -0.25) is 0 Å². The normalized spacial score (nSPS) is 12.0. The summed E-state index contributed by atoms with van der Waals surface area (Å²) in [4.78, 5) is 11.6. The average molecular weight is 424 g/mol. The predicted octanol–water partition coefficient (Wildman–Crippen LogP) is 5.10. The van der Waals surface area contributed by atoms with Gasteiger partial charge in [0, 0.05) is 0 Å². The highest BCUT2D eigenvalue weighted by Gasteiger charge is 2.36. The van der Waals surface area contributed by atoms with E-state index < -0.39 is 25.8 Å². The Labute approximate surface area is 175 Å². The van der Waals surface area contributed by atoms with Crippen LogP contribution in [0.2, 0.25) is 18.1 Å². The largest absolute Gasteiger partial charge is 0.490 e. The first-order valence-electron chi connectivity index (χ1n) is 9.74. The van der Waals surface area contributed by atoms with E-state index in [1.807, 2.05) is 0 Å². The highest BCUT2D eigenvalue weighted by atomic mass is 28.4. The van der Waals surface area contributed by atoms with Gasteiger partial charge in [-0.25, -0.2) is 9.18 Å². The molecule has 1 amide bonds. The standard InChI is InChI=1S/C22H34FNO4Si/c1-21(2,3)28-20(25)24-14-10-11-17-18(23)12-9-13-19(17)26-15-16-27-29(7,8)22(4,5)6/h9,12-13H,14-16H2,1-8H3,(H,24,25). The minimum atomic E-state index is -1.86. The fourth-order valence-corrected chi connectivity index (χ4v) is 3.00. The first-order chi connectivity index (χ1) is 13.2. The Balaban J connectivity index is 2.66. The number of rotatable bonds is 6. The van der Waals surface area contributed by atoms with Crippen molar-refractivity contribution in [2.75, 3.05) is 19.8 Å². The summed E-state index contributed by atoms with van der Waals surface area (Å²) in [7, 11) is -1.86. The summed E-state index contributed by atoms with van der Waals surface area (Å²) in [6, 6.07) is 4.56. The topological polar surface area (TPSA) is 56.8 Å². The van der Waals surface area contributed by atoms with Crippen molar-refractivity contribution in [2.24, 2.45) is 0 Å². The molecule has 0 atom stereocenters. The van der Waals surface area contributed by atoms with E-state index in [1.165, 1.54) is 6.07 Å². The second-order valence-electron chi connectivity index (χ2n) is 9.23. The molecule has 0 aliphatic heterocycles. The maximum absolute atomic E-state index is 14.2. The van der Waals surface area contributed by atoms with Crippen LogP contribution < -0.4 is 10.1 Å². The van der Waals surface area contributed by atoms with Crippen LogP contribution in [-0.2, 0) is 9.16 Å². The number of halogens is 1. The number of nitrogens with one attached hydrogen (secondary N) is 1. The van der Waals surface area contributed by atoms with Gasteiger partial charge in [0.1, 0.15) is 29.3 Å². The molecule has 0 aliphatic carbocycles. The number of amides is 1. The SMILES string of the molecule is CC(C)(C)OC(=O)NCC#Cc1c(F)cccc1OCCO[Si](C)(C)C(C)(C)C. The van der Waals surface area contributed by atoms with Crippen molar-refractivity contribution in [3.05, 3.63) is 29.6 Å². The molecule has 0 bridgehead atoms. The van der Waals surface area contributed by atoms with E-state index in [0.29, 0.717) is 19.0 Å². The zero-order chi connectivity index (χ0) is 22.3. The number of carbonyl (C=O) groups is 1. The summed E-state index contributed by atoms with van der Waals surface area (Å²) < 4.78 is 31.1. The zero-order valence-electron chi connectivity index (χ0n) is 18.9. The number of ether oxygens (including phenoxy) is 2. The van der Waals surface area contributed by atoms with Crippen LogP contribution in [0.15, 0.2) is 18.2 Å². The number of alkyl carbamates (subject to hydrolysis) is 1. The van der Waals surface area contributed by atoms with Crippen LogP contribution in [0, 0.1) is 17.7 Å². The second-order valence-corrected chi connectivity index (χ2v) is 14.0. The van der Waals surface area contributed by atoms with Crippen LogP contribution in [0.25, 0.3) is 0 Å². The van der Waals surface area contributed by atoms with E-state index in [2.05, 4.69) is 51.0 Å². The zero-order valence-corrected chi connectivity index (χ0v) is 19.9. The molecule has 0 fully saturated rings. The highest BCUT2D eigenvalue weighted by molar-refractivity contribution is 6.74. The van der Waals surface area contributed by atoms with Gasteiger partial charge >= 0.3 is 6.09 Å². The van der Waals surface area contributed by atoms with Gasteiger partial charge in [0.2, 0.25) is 0 Å². The summed E-state index contributed by atoms with van der Waals surface area (Å²) in [5, 5.41) is 2.63. The molecule has 1 aromatic carbocycles. The van der Waals surface area contributed by atoms with Gasteiger partial charge in [-0.1, -0.05) is 38.7 Å². The summed E-state index contributed by atoms with van der Waals surface area (Å²) in [5.41, 5.74) is -0.429. The molecule has 1 N–H and O–H groups in total. The molecular weight excluding hydrogens is 389 g/mol. The number of hydrogen-bond donors (Lipinski definition) is 1. The number of benzene rings is 1. The summed E-state index contributed by atoms with van der Waals surface area (Å²) in [5.74, 6) is 5.34. The molecule has 0 unspecified atom stereocenters. The molecule has 29 heavy (non-hydrogen) atoms. The smallest absolute Gasteiger partial charge is 0.408 e. The van der Waals surface area contributed by atoms with Crippen molar-refractivity contribution < 1.29 is 23.1 Å². The van der Waals surface area contributed by atoms with Crippen molar-refractivity contribution in [2.45, 2.75) is 65.3 Å². The Hall–Kier alpha value is -2.04. The Bertz CT molecular complexity index is 755. The number of carbonyl (C=O) groups excluding carboxylic acids is 1. The summed E-state index contributed by atoms with van der Waals surface area (Å²) in [6.07, 6.45) is -0.570. The highest BCUT2D eigenvalue weighted by Crippen LogP contribution is 2.36. The van der Waals surface area contributed by atoms with Crippen LogP contribution >= 0.6 is 0 Å². The molecule has 7 heteroatoms. The first-order valence-corrected chi connectivity index (χ1v) is 12.6. The van der Waals surface area contributed by atoms with Gasteiger partial charge in [-0.2, -0.15) is 0 Å². The van der Waals surface area contributed by atoms with Crippen LogP contribution in [-0.4, -0.2) is 39.8 Å². The third-order valence-electron chi connectivity index (χ3n) is 4.52. The molecular formula is C22H34FNO4Si. The van der Waals surface area contributed by atoms with Crippen LogP contribution in [0.4, 0.5) is 9.18 Å². The maximum Gasteiger partial charge on any atom is 0.408 e. The molecule has 0 radical (unpaired) electrons. The minimum Gasteiger partial charge on any atom is -0.490 e. The van der Waals surface area contributed by atoms with Gasteiger partial charge in [-0.15, -0.1) is 0 Å². The van der Waals surface area contributed by atoms with E-state index >= 15 is 0 Å². The Kier molecular flexibility index (Phi) is 8.73.